The van der Waals surface area contributed by atoms with Gasteiger partial charge in [-0.25, -0.2) is 0 Å². The first kappa shape index (κ1) is 37.5. The van der Waals surface area contributed by atoms with Crippen LogP contribution in [0.3, 0.4) is 0 Å². The van der Waals surface area contributed by atoms with Gasteiger partial charge in [-0.3, -0.25) is 14.4 Å². The highest BCUT2D eigenvalue weighted by molar-refractivity contribution is 6.31. The number of aromatic hydroxyl groups is 1. The minimum absolute atomic E-state index is 0.0131. The van der Waals surface area contributed by atoms with Crippen LogP contribution < -0.4 is 20.9 Å². The zero-order valence-electron chi connectivity index (χ0n) is 28.9. The molecule has 0 saturated carbocycles. The Balaban J connectivity index is 1.51. The highest BCUT2D eigenvalue weighted by Gasteiger charge is 2.44. The van der Waals surface area contributed by atoms with Crippen LogP contribution in [0.4, 0.5) is 0 Å². The van der Waals surface area contributed by atoms with Crippen LogP contribution in [-0.2, 0) is 22.4 Å². The topological polar surface area (TPSA) is 232 Å². The SMILES string of the molecule is CC(=O)Oc1ccc2c(c1/C=C/c1cccc(CCO)c1)C(=O)c1cc(O[C@H]3O[C@@H](C)[C@@H](O)[C@@H](O)[C@H]3O)c(Cc3cccc(C(N)N)c3)c(O)c1C2=O. The maximum absolute atomic E-state index is 14.6. The lowest BCUT2D eigenvalue weighted by Gasteiger charge is -2.39. The highest BCUT2D eigenvalue weighted by atomic mass is 16.7. The average Bonchev–Trinajstić information content (AvgIpc) is 3.12. The third kappa shape index (κ3) is 7.50. The van der Waals surface area contributed by atoms with Gasteiger partial charge in [0, 0.05) is 47.8 Å². The number of rotatable bonds is 10. The molecule has 0 bridgehead atoms. The van der Waals surface area contributed by atoms with Gasteiger partial charge in [0.05, 0.1) is 17.8 Å². The van der Waals surface area contributed by atoms with Gasteiger partial charge in [0.2, 0.25) is 6.29 Å². The van der Waals surface area contributed by atoms with Crippen molar-refractivity contribution in [3.63, 3.8) is 0 Å². The largest absolute Gasteiger partial charge is 0.507 e. The molecular weight excluding hydrogens is 684 g/mol. The van der Waals surface area contributed by atoms with Crippen LogP contribution in [0.5, 0.6) is 17.2 Å². The third-order valence-electron chi connectivity index (χ3n) is 9.33. The number of ether oxygens (including phenoxy) is 3. The van der Waals surface area contributed by atoms with E-state index in [-0.39, 0.29) is 57.9 Å². The van der Waals surface area contributed by atoms with E-state index in [1.807, 2.05) is 12.1 Å². The van der Waals surface area contributed by atoms with E-state index in [1.54, 1.807) is 48.6 Å². The van der Waals surface area contributed by atoms with Gasteiger partial charge in [-0.2, -0.15) is 0 Å². The van der Waals surface area contributed by atoms with Crippen LogP contribution in [0.15, 0.2) is 66.7 Å². The van der Waals surface area contributed by atoms with Crippen LogP contribution in [0, 0.1) is 0 Å². The average molecular weight is 725 g/mol. The molecule has 0 radical (unpaired) electrons. The first-order valence-corrected chi connectivity index (χ1v) is 17.0. The quantitative estimate of drug-likeness (QED) is 0.0476. The predicted molar refractivity (Wildman–Crippen MR) is 192 cm³/mol. The molecule has 4 aromatic carbocycles. The molecular formula is C40H40N2O11. The van der Waals surface area contributed by atoms with E-state index in [0.717, 1.165) is 5.56 Å². The number of fused-ring (bicyclic) bond motifs is 2. The number of carbonyl (C=O) groups excluding carboxylic acids is 3. The number of hydrogen-bond acceptors (Lipinski definition) is 13. The van der Waals surface area contributed by atoms with Crippen molar-refractivity contribution in [2.24, 2.45) is 11.5 Å². The molecule has 1 saturated heterocycles. The molecule has 53 heavy (non-hydrogen) atoms. The summed E-state index contributed by atoms with van der Waals surface area (Å²) in [4.78, 5) is 41.0. The van der Waals surface area contributed by atoms with Crippen molar-refractivity contribution < 1.29 is 54.1 Å². The Morgan fingerprint density at radius 3 is 2.30 bits per heavy atom. The Labute approximate surface area is 304 Å². The lowest BCUT2D eigenvalue weighted by atomic mass is 9.79. The van der Waals surface area contributed by atoms with Crippen molar-refractivity contribution >= 4 is 29.7 Å². The Bertz CT molecular complexity index is 2110. The van der Waals surface area contributed by atoms with Gasteiger partial charge in [-0.05, 0) is 59.9 Å². The van der Waals surface area contributed by atoms with E-state index >= 15 is 0 Å². The lowest BCUT2D eigenvalue weighted by molar-refractivity contribution is -0.268. The molecule has 0 spiro atoms. The van der Waals surface area contributed by atoms with Gasteiger partial charge in [0.15, 0.2) is 11.6 Å². The maximum Gasteiger partial charge on any atom is 0.308 e. The molecule has 6 rings (SSSR count). The standard InChI is InChI=1S/C40H40N2O11/c1-19-33(45)37(49)38(50)40(51-19)53-30-18-28-32(35(47)27(30)17-23-7-4-8-24(16-23)39(41)42)34(46)26-11-12-29(52-20(2)44)25(31(26)36(28)48)10-9-21-5-3-6-22(15-21)13-14-43/h3-12,15-16,18-19,33,37-40,43,45,47,49-50H,13-14,17,41-42H2,1-2H3/b10-9+/t19-,33+,37+,38+,40+/m0/s1. The summed E-state index contributed by atoms with van der Waals surface area (Å²) in [5.41, 5.74) is 14.1. The lowest BCUT2D eigenvalue weighted by Crippen LogP contribution is -2.58. The van der Waals surface area contributed by atoms with Crippen LogP contribution in [0.2, 0.25) is 0 Å². The van der Waals surface area contributed by atoms with Gasteiger partial charge in [-0.15, -0.1) is 0 Å². The fourth-order valence-electron chi connectivity index (χ4n) is 6.59. The summed E-state index contributed by atoms with van der Waals surface area (Å²) >= 11 is 0. The monoisotopic (exact) mass is 724 g/mol. The molecule has 1 aliphatic heterocycles. The Morgan fingerprint density at radius 2 is 1.58 bits per heavy atom. The summed E-state index contributed by atoms with van der Waals surface area (Å²) in [5.74, 6) is -2.75. The summed E-state index contributed by atoms with van der Waals surface area (Å²) in [7, 11) is 0. The van der Waals surface area contributed by atoms with Crippen LogP contribution >= 0.6 is 0 Å². The van der Waals surface area contributed by atoms with Crippen LogP contribution in [0.25, 0.3) is 12.2 Å². The zero-order chi connectivity index (χ0) is 38.1. The highest BCUT2D eigenvalue weighted by Crippen LogP contribution is 2.44. The van der Waals surface area contributed by atoms with Crippen molar-refractivity contribution in [1.82, 2.24) is 0 Å². The predicted octanol–water partition coefficient (Wildman–Crippen LogP) is 2.51. The van der Waals surface area contributed by atoms with Crippen molar-refractivity contribution in [3.05, 3.63) is 122 Å². The summed E-state index contributed by atoms with van der Waals surface area (Å²) < 4.78 is 17.2. The van der Waals surface area contributed by atoms with Gasteiger partial charge >= 0.3 is 5.97 Å². The van der Waals surface area contributed by atoms with Crippen molar-refractivity contribution in [2.45, 2.75) is 63.6 Å². The van der Waals surface area contributed by atoms with E-state index in [4.69, 9.17) is 25.7 Å². The summed E-state index contributed by atoms with van der Waals surface area (Å²) in [6.07, 6.45) is -4.53. The van der Waals surface area contributed by atoms with Crippen molar-refractivity contribution in [1.29, 1.82) is 0 Å². The molecule has 4 aromatic rings. The molecule has 276 valence electrons. The molecule has 0 amide bonds. The van der Waals surface area contributed by atoms with Gasteiger partial charge in [-0.1, -0.05) is 54.6 Å². The molecule has 2 aliphatic rings. The fraction of sp³-hybridized carbons (Fsp3) is 0.275. The fourth-order valence-corrected chi connectivity index (χ4v) is 6.59. The Hall–Kier alpha value is -5.25. The second-order valence-electron chi connectivity index (χ2n) is 13.1. The van der Waals surface area contributed by atoms with E-state index in [1.165, 1.54) is 32.0 Å². The molecule has 1 heterocycles. The third-order valence-corrected chi connectivity index (χ3v) is 9.33. The summed E-state index contributed by atoms with van der Waals surface area (Å²) in [6, 6.07) is 18.2. The minimum Gasteiger partial charge on any atom is -0.507 e. The number of hydrogen-bond donors (Lipinski definition) is 7. The molecule has 0 unspecified atom stereocenters. The van der Waals surface area contributed by atoms with Gasteiger partial charge in [0.1, 0.15) is 35.6 Å². The number of benzene rings is 4. The first-order chi connectivity index (χ1) is 25.3. The minimum atomic E-state index is -1.73. The molecule has 1 aliphatic carbocycles. The van der Waals surface area contributed by atoms with E-state index in [9.17, 15) is 39.9 Å². The van der Waals surface area contributed by atoms with Gasteiger partial charge in [0.25, 0.3) is 0 Å². The number of carbonyl (C=O) groups is 3. The second-order valence-corrected chi connectivity index (χ2v) is 13.1. The Kier molecular flexibility index (Phi) is 10.9. The second kappa shape index (κ2) is 15.4. The molecule has 0 aromatic heterocycles. The number of phenols is 1. The first-order valence-electron chi connectivity index (χ1n) is 17.0. The molecule has 13 nitrogen and oxygen atoms in total. The number of ketones is 2. The zero-order valence-corrected chi connectivity index (χ0v) is 28.9. The molecule has 5 atom stereocenters. The molecule has 9 N–H and O–H groups in total. The molecule has 1 fully saturated rings. The molecule has 13 heteroatoms. The van der Waals surface area contributed by atoms with E-state index < -0.39 is 60.2 Å². The number of aliphatic hydroxyl groups excluding tert-OH is 4. The van der Waals surface area contributed by atoms with E-state index in [2.05, 4.69) is 0 Å². The summed E-state index contributed by atoms with van der Waals surface area (Å²) in [6.45, 7) is 2.63. The number of aliphatic hydroxyl groups is 4. The van der Waals surface area contributed by atoms with Crippen LogP contribution in [-0.4, -0.2) is 80.4 Å². The van der Waals surface area contributed by atoms with Gasteiger partial charge < -0.3 is 51.2 Å². The number of phenolic OH excluding ortho intramolecular Hbond substituents is 1. The van der Waals surface area contributed by atoms with Crippen LogP contribution in [0.1, 0.15) is 85.2 Å². The van der Waals surface area contributed by atoms with Crippen molar-refractivity contribution in [3.8, 4) is 17.2 Å². The Morgan fingerprint density at radius 1 is 0.868 bits per heavy atom. The normalized spacial score (nSPS) is 21.1. The maximum atomic E-state index is 14.6. The smallest absolute Gasteiger partial charge is 0.308 e. The van der Waals surface area contributed by atoms with Crippen molar-refractivity contribution in [2.75, 3.05) is 6.61 Å². The summed E-state index contributed by atoms with van der Waals surface area (Å²) in [5, 5.41) is 52.8. The number of esters is 1. The number of nitrogens with two attached hydrogens (primary N) is 2. The van der Waals surface area contributed by atoms with E-state index in [0.29, 0.717) is 23.1 Å².